The summed E-state index contributed by atoms with van der Waals surface area (Å²) in [7, 11) is 4.04. The van der Waals surface area contributed by atoms with E-state index in [4.69, 9.17) is 5.11 Å². The van der Waals surface area contributed by atoms with Crippen molar-refractivity contribution in [3.05, 3.63) is 11.6 Å². The van der Waals surface area contributed by atoms with E-state index in [0.717, 1.165) is 6.54 Å². The number of hydrogen-bond acceptors (Lipinski definition) is 3. The Labute approximate surface area is 85.6 Å². The second-order valence-corrected chi connectivity index (χ2v) is 3.66. The molecule has 2 N–H and O–H groups in total. The van der Waals surface area contributed by atoms with Crippen LogP contribution in [0.3, 0.4) is 0 Å². The highest BCUT2D eigenvalue weighted by molar-refractivity contribution is 5.85. The fraction of sp³-hybridized carbons (Fsp3) is 0.700. The zero-order valence-electron chi connectivity index (χ0n) is 9.37. The Balaban J connectivity index is 3.66. The first kappa shape index (κ1) is 13.1. The van der Waals surface area contributed by atoms with Crippen molar-refractivity contribution in [2.24, 2.45) is 0 Å². The van der Waals surface area contributed by atoms with Crippen molar-refractivity contribution in [3.63, 3.8) is 0 Å². The van der Waals surface area contributed by atoms with Gasteiger partial charge in [0, 0.05) is 24.7 Å². The fourth-order valence-electron chi connectivity index (χ4n) is 0.787. The molecule has 4 nitrogen and oxygen atoms in total. The molecule has 0 bridgehead atoms. The number of nitrogens with one attached hydrogen (secondary N) is 1. The molecule has 0 saturated carbocycles. The first-order valence-electron chi connectivity index (χ1n) is 4.72. The molecule has 0 aliphatic heterocycles. The van der Waals surface area contributed by atoms with Gasteiger partial charge in [-0.05, 0) is 27.9 Å². The van der Waals surface area contributed by atoms with Gasteiger partial charge >= 0.3 is 5.97 Å². The molecule has 0 heterocycles. The van der Waals surface area contributed by atoms with Crippen LogP contribution >= 0.6 is 0 Å². The van der Waals surface area contributed by atoms with Gasteiger partial charge in [0.05, 0.1) is 0 Å². The van der Waals surface area contributed by atoms with Gasteiger partial charge < -0.3 is 15.3 Å². The molecular weight excluding hydrogens is 180 g/mol. The molecule has 0 spiro atoms. The molecule has 0 aromatic carbocycles. The zero-order chi connectivity index (χ0) is 11.1. The summed E-state index contributed by atoms with van der Waals surface area (Å²) in [4.78, 5) is 12.5. The summed E-state index contributed by atoms with van der Waals surface area (Å²) in [6.45, 7) is 5.17. The zero-order valence-corrected chi connectivity index (χ0v) is 9.37. The van der Waals surface area contributed by atoms with E-state index >= 15 is 0 Å². The van der Waals surface area contributed by atoms with E-state index in [-0.39, 0.29) is 0 Å². The number of aliphatic carboxylic acids is 1. The van der Waals surface area contributed by atoms with Gasteiger partial charge in [-0.1, -0.05) is 6.08 Å². The Morgan fingerprint density at radius 3 is 2.57 bits per heavy atom. The number of carboxylic acids is 1. The lowest BCUT2D eigenvalue weighted by atomic mass is 10.3. The lowest BCUT2D eigenvalue weighted by Gasteiger charge is -2.19. The molecular formula is C10H20N2O2. The summed E-state index contributed by atoms with van der Waals surface area (Å²) >= 11 is 0. The molecule has 14 heavy (non-hydrogen) atoms. The Morgan fingerprint density at radius 2 is 2.14 bits per heavy atom. The first-order chi connectivity index (χ1) is 6.45. The summed E-state index contributed by atoms with van der Waals surface area (Å²) in [6.07, 6.45) is 1.69. The summed E-state index contributed by atoms with van der Waals surface area (Å²) in [5.41, 5.74) is 0.384. The SMILES string of the molecule is C/C(=C/CNCC(C)N(C)C)C(=O)O. The number of likely N-dealkylation sites (N-methyl/N-ethyl adjacent to an activating group) is 1. The maximum absolute atomic E-state index is 10.4. The van der Waals surface area contributed by atoms with E-state index in [1.54, 1.807) is 13.0 Å². The molecule has 0 radical (unpaired) electrons. The Bertz CT molecular complexity index is 212. The number of rotatable bonds is 6. The van der Waals surface area contributed by atoms with Crippen LogP contribution in [0.15, 0.2) is 11.6 Å². The van der Waals surface area contributed by atoms with E-state index in [2.05, 4.69) is 17.1 Å². The Kier molecular flexibility index (Phi) is 6.16. The minimum Gasteiger partial charge on any atom is -0.478 e. The molecule has 1 unspecified atom stereocenters. The van der Waals surface area contributed by atoms with Crippen LogP contribution in [0.5, 0.6) is 0 Å². The second-order valence-electron chi connectivity index (χ2n) is 3.66. The molecule has 82 valence electrons. The van der Waals surface area contributed by atoms with Crippen LogP contribution in [-0.2, 0) is 4.79 Å². The molecule has 0 aliphatic rings. The van der Waals surface area contributed by atoms with Gasteiger partial charge in [-0.2, -0.15) is 0 Å². The van der Waals surface area contributed by atoms with Crippen LogP contribution in [0, 0.1) is 0 Å². The smallest absolute Gasteiger partial charge is 0.330 e. The van der Waals surface area contributed by atoms with Crippen molar-refractivity contribution in [2.75, 3.05) is 27.2 Å². The third kappa shape index (κ3) is 5.72. The van der Waals surface area contributed by atoms with Crippen LogP contribution < -0.4 is 5.32 Å². The number of carboxylic acid groups (broad SMARTS) is 1. The molecule has 0 rings (SSSR count). The van der Waals surface area contributed by atoms with Crippen molar-refractivity contribution in [1.29, 1.82) is 0 Å². The normalized spacial score (nSPS) is 14.5. The van der Waals surface area contributed by atoms with Crippen molar-refractivity contribution < 1.29 is 9.90 Å². The van der Waals surface area contributed by atoms with E-state index in [1.165, 1.54) is 0 Å². The summed E-state index contributed by atoms with van der Waals surface area (Å²) < 4.78 is 0. The van der Waals surface area contributed by atoms with Crippen LogP contribution in [0.25, 0.3) is 0 Å². The molecule has 0 saturated heterocycles. The molecule has 0 aromatic rings. The average Bonchev–Trinajstić information content (AvgIpc) is 2.11. The van der Waals surface area contributed by atoms with E-state index in [9.17, 15) is 4.79 Å². The summed E-state index contributed by atoms with van der Waals surface area (Å²) in [6, 6.07) is 0.452. The Hall–Kier alpha value is -0.870. The fourth-order valence-corrected chi connectivity index (χ4v) is 0.787. The highest BCUT2D eigenvalue weighted by Crippen LogP contribution is 1.91. The van der Waals surface area contributed by atoms with E-state index in [1.807, 2.05) is 14.1 Å². The van der Waals surface area contributed by atoms with E-state index in [0.29, 0.717) is 18.2 Å². The lowest BCUT2D eigenvalue weighted by molar-refractivity contribution is -0.132. The topological polar surface area (TPSA) is 52.6 Å². The highest BCUT2D eigenvalue weighted by Gasteiger charge is 2.02. The molecule has 0 fully saturated rings. The monoisotopic (exact) mass is 200 g/mol. The first-order valence-corrected chi connectivity index (χ1v) is 4.72. The molecule has 0 amide bonds. The van der Waals surface area contributed by atoms with Crippen LogP contribution in [0.1, 0.15) is 13.8 Å². The molecule has 0 aromatic heterocycles. The third-order valence-electron chi connectivity index (χ3n) is 2.21. The predicted molar refractivity (Wildman–Crippen MR) is 57.4 cm³/mol. The van der Waals surface area contributed by atoms with Gasteiger partial charge in [-0.15, -0.1) is 0 Å². The number of carbonyl (C=O) groups is 1. The third-order valence-corrected chi connectivity index (χ3v) is 2.21. The Morgan fingerprint density at radius 1 is 1.57 bits per heavy atom. The van der Waals surface area contributed by atoms with Crippen LogP contribution in [-0.4, -0.2) is 49.2 Å². The minimum atomic E-state index is -0.854. The van der Waals surface area contributed by atoms with Gasteiger partial charge in [0.1, 0.15) is 0 Å². The predicted octanol–water partition coefficient (Wildman–Crippen LogP) is 0.557. The molecule has 0 aliphatic carbocycles. The second kappa shape index (κ2) is 6.56. The van der Waals surface area contributed by atoms with Crippen molar-refractivity contribution in [2.45, 2.75) is 19.9 Å². The summed E-state index contributed by atoms with van der Waals surface area (Å²) in [5, 5.41) is 11.7. The van der Waals surface area contributed by atoms with Gasteiger partial charge in [0.15, 0.2) is 0 Å². The lowest BCUT2D eigenvalue weighted by Crippen LogP contribution is -2.35. The largest absolute Gasteiger partial charge is 0.478 e. The maximum Gasteiger partial charge on any atom is 0.330 e. The minimum absolute atomic E-state index is 0.384. The van der Waals surface area contributed by atoms with Crippen molar-refractivity contribution >= 4 is 5.97 Å². The highest BCUT2D eigenvalue weighted by atomic mass is 16.4. The van der Waals surface area contributed by atoms with Crippen LogP contribution in [0.4, 0.5) is 0 Å². The van der Waals surface area contributed by atoms with Gasteiger partial charge in [-0.25, -0.2) is 4.79 Å². The van der Waals surface area contributed by atoms with Crippen LogP contribution in [0.2, 0.25) is 0 Å². The van der Waals surface area contributed by atoms with E-state index < -0.39 is 5.97 Å². The molecule has 1 atom stereocenters. The van der Waals surface area contributed by atoms with Crippen molar-refractivity contribution in [1.82, 2.24) is 10.2 Å². The maximum atomic E-state index is 10.4. The van der Waals surface area contributed by atoms with Gasteiger partial charge in [0.25, 0.3) is 0 Å². The standard InChI is InChI=1S/C10H20N2O2/c1-8(10(13)14)5-6-11-7-9(2)12(3)4/h5,9,11H,6-7H2,1-4H3,(H,13,14)/b8-5-. The van der Waals surface area contributed by atoms with Crippen molar-refractivity contribution in [3.8, 4) is 0 Å². The summed E-state index contributed by atoms with van der Waals surface area (Å²) in [5.74, 6) is -0.854. The van der Waals surface area contributed by atoms with Gasteiger partial charge in [0.2, 0.25) is 0 Å². The number of hydrogen-bond donors (Lipinski definition) is 2. The average molecular weight is 200 g/mol. The molecule has 4 heteroatoms. The number of nitrogens with zero attached hydrogens (tertiary/aromatic N) is 1. The quantitative estimate of drug-likeness (QED) is 0.486. The van der Waals surface area contributed by atoms with Gasteiger partial charge in [-0.3, -0.25) is 0 Å².